The van der Waals surface area contributed by atoms with Crippen molar-refractivity contribution in [1.82, 2.24) is 15.1 Å². The fourth-order valence-corrected chi connectivity index (χ4v) is 2.98. The fourth-order valence-electron chi connectivity index (χ4n) is 2.41. The molecule has 1 atom stereocenters. The van der Waals surface area contributed by atoms with Crippen LogP contribution in [-0.4, -0.2) is 15.7 Å². The third kappa shape index (κ3) is 5.00. The first-order valence-corrected chi connectivity index (χ1v) is 8.05. The first-order chi connectivity index (χ1) is 10.8. The molecule has 0 aliphatic carbocycles. The normalized spacial score (nSPS) is 12.7. The van der Waals surface area contributed by atoms with Crippen LogP contribution in [0.3, 0.4) is 0 Å². The Bertz CT molecular complexity index is 742. The van der Waals surface area contributed by atoms with Crippen LogP contribution in [0, 0.1) is 13.8 Å². The number of hydrogen-bond donors (Lipinski definition) is 2. The molecule has 2 aromatic rings. The third-order valence-corrected chi connectivity index (χ3v) is 4.42. The number of nitrogens with zero attached hydrogens (tertiary/aromatic N) is 3. The van der Waals surface area contributed by atoms with E-state index in [9.17, 15) is 0 Å². The predicted octanol–water partition coefficient (Wildman–Crippen LogP) is 4.13. The molecule has 24 heavy (non-hydrogen) atoms. The number of hydrogen-bond acceptors (Lipinski definition) is 2. The molecule has 0 aliphatic heterocycles. The van der Waals surface area contributed by atoms with Gasteiger partial charge in [-0.1, -0.05) is 29.3 Å². The van der Waals surface area contributed by atoms with E-state index in [1.807, 2.05) is 38.6 Å². The highest BCUT2D eigenvalue weighted by atomic mass is 127. The predicted molar refractivity (Wildman–Crippen MR) is 111 cm³/mol. The monoisotopic (exact) mass is 481 g/mol. The molecule has 0 aliphatic rings. The average molecular weight is 482 g/mol. The highest BCUT2D eigenvalue weighted by Gasteiger charge is 2.12. The Kier molecular flexibility index (Phi) is 7.82. The summed E-state index contributed by atoms with van der Waals surface area (Å²) < 4.78 is 1.85. The van der Waals surface area contributed by atoms with Crippen LogP contribution in [0.15, 0.2) is 23.2 Å². The summed E-state index contributed by atoms with van der Waals surface area (Å²) in [7, 11) is 1.92. The summed E-state index contributed by atoms with van der Waals surface area (Å²) in [6.07, 6.45) is 0. The van der Waals surface area contributed by atoms with Gasteiger partial charge >= 0.3 is 0 Å². The fraction of sp³-hybridized carbons (Fsp3) is 0.375. The van der Waals surface area contributed by atoms with Crippen molar-refractivity contribution < 1.29 is 0 Å². The molecule has 8 heteroatoms. The first-order valence-electron chi connectivity index (χ1n) is 7.30. The second kappa shape index (κ2) is 8.92. The molecule has 132 valence electrons. The second-order valence-corrected chi connectivity index (χ2v) is 6.35. The van der Waals surface area contributed by atoms with Crippen molar-refractivity contribution in [2.24, 2.45) is 17.8 Å². The molecule has 0 radical (unpaired) electrons. The van der Waals surface area contributed by atoms with Crippen molar-refractivity contribution in [3.8, 4) is 0 Å². The largest absolute Gasteiger partial charge is 0.370 e. The van der Waals surface area contributed by atoms with Crippen molar-refractivity contribution in [2.75, 3.05) is 0 Å². The molecule has 0 amide bonds. The van der Waals surface area contributed by atoms with E-state index in [0.29, 0.717) is 22.5 Å². The molecule has 1 unspecified atom stereocenters. The maximum absolute atomic E-state index is 6.21. The minimum absolute atomic E-state index is 0. The van der Waals surface area contributed by atoms with E-state index in [-0.39, 0.29) is 30.0 Å². The van der Waals surface area contributed by atoms with Gasteiger partial charge < -0.3 is 11.1 Å². The summed E-state index contributed by atoms with van der Waals surface area (Å²) in [4.78, 5) is 4.40. The third-order valence-electron chi connectivity index (χ3n) is 3.86. The molecule has 0 fully saturated rings. The van der Waals surface area contributed by atoms with Crippen LogP contribution in [0.1, 0.15) is 35.5 Å². The Morgan fingerprint density at radius 1 is 1.38 bits per heavy atom. The second-order valence-electron chi connectivity index (χ2n) is 5.51. The van der Waals surface area contributed by atoms with Gasteiger partial charge in [0, 0.05) is 28.4 Å². The number of aryl methyl sites for hydroxylation is 2. The molecule has 0 bridgehead atoms. The zero-order chi connectivity index (χ0) is 17.1. The summed E-state index contributed by atoms with van der Waals surface area (Å²) in [5.41, 5.74) is 10.1. The number of aromatic nitrogens is 2. The maximum atomic E-state index is 6.21. The van der Waals surface area contributed by atoms with Crippen LogP contribution in [0.4, 0.5) is 0 Å². The number of benzene rings is 1. The minimum atomic E-state index is -0.0698. The van der Waals surface area contributed by atoms with Gasteiger partial charge in [-0.2, -0.15) is 5.10 Å². The van der Waals surface area contributed by atoms with E-state index in [0.717, 1.165) is 22.5 Å². The van der Waals surface area contributed by atoms with Gasteiger partial charge in [0.1, 0.15) is 0 Å². The van der Waals surface area contributed by atoms with Crippen molar-refractivity contribution in [2.45, 2.75) is 33.4 Å². The molecule has 2 rings (SSSR count). The van der Waals surface area contributed by atoms with Gasteiger partial charge in [-0.05, 0) is 38.5 Å². The van der Waals surface area contributed by atoms with Crippen molar-refractivity contribution in [1.29, 1.82) is 0 Å². The summed E-state index contributed by atoms with van der Waals surface area (Å²) in [5.74, 6) is 0.367. The number of rotatable bonds is 4. The zero-order valence-electron chi connectivity index (χ0n) is 14.1. The van der Waals surface area contributed by atoms with Gasteiger partial charge in [0.05, 0.1) is 18.3 Å². The highest BCUT2D eigenvalue weighted by Crippen LogP contribution is 2.25. The van der Waals surface area contributed by atoms with E-state index in [2.05, 4.69) is 15.4 Å². The minimum Gasteiger partial charge on any atom is -0.370 e. The van der Waals surface area contributed by atoms with E-state index >= 15 is 0 Å². The van der Waals surface area contributed by atoms with E-state index in [1.165, 1.54) is 0 Å². The summed E-state index contributed by atoms with van der Waals surface area (Å²) in [5, 5.41) is 8.73. The van der Waals surface area contributed by atoms with Crippen LogP contribution >= 0.6 is 47.2 Å². The molecule has 1 heterocycles. The van der Waals surface area contributed by atoms with Gasteiger partial charge in [0.2, 0.25) is 0 Å². The Hall–Kier alpha value is -0.990. The average Bonchev–Trinajstić information content (AvgIpc) is 2.70. The van der Waals surface area contributed by atoms with Crippen molar-refractivity contribution in [3.63, 3.8) is 0 Å². The van der Waals surface area contributed by atoms with Gasteiger partial charge in [-0.25, -0.2) is 4.99 Å². The Labute approximate surface area is 169 Å². The molecule has 0 spiro atoms. The molecule has 0 saturated carbocycles. The highest BCUT2D eigenvalue weighted by molar-refractivity contribution is 14.0. The lowest BCUT2D eigenvalue weighted by Gasteiger charge is -2.16. The van der Waals surface area contributed by atoms with Crippen LogP contribution < -0.4 is 11.1 Å². The standard InChI is InChI=1S/C16H21Cl2N5.HI/c1-9(13-6-5-12(17)7-15(13)18)21-16(19)20-8-14-10(2)22-23(4)11(14)3;/h5-7,9H,8H2,1-4H3,(H3,19,20,21);1H. The van der Waals surface area contributed by atoms with Crippen molar-refractivity contribution >= 4 is 53.1 Å². The number of aliphatic imine (C=N–C) groups is 1. The Balaban J connectivity index is 0.00000288. The van der Waals surface area contributed by atoms with Crippen LogP contribution in [0.5, 0.6) is 0 Å². The molecule has 5 nitrogen and oxygen atoms in total. The SMILES string of the molecule is Cc1nn(C)c(C)c1CN=C(N)NC(C)c1ccc(Cl)cc1Cl.I. The lowest BCUT2D eigenvalue weighted by molar-refractivity contribution is 0.707. The van der Waals surface area contributed by atoms with E-state index in [1.54, 1.807) is 12.1 Å². The molecule has 1 aromatic carbocycles. The van der Waals surface area contributed by atoms with Gasteiger partial charge in [0.25, 0.3) is 0 Å². The lowest BCUT2D eigenvalue weighted by Crippen LogP contribution is -2.34. The van der Waals surface area contributed by atoms with Gasteiger partial charge in [0.15, 0.2) is 5.96 Å². The van der Waals surface area contributed by atoms with Gasteiger partial charge in [-0.3, -0.25) is 4.68 Å². The lowest BCUT2D eigenvalue weighted by atomic mass is 10.1. The number of nitrogens with one attached hydrogen (secondary N) is 1. The van der Waals surface area contributed by atoms with Crippen LogP contribution in [-0.2, 0) is 13.6 Å². The first kappa shape index (κ1) is 21.1. The van der Waals surface area contributed by atoms with Crippen LogP contribution in [0.2, 0.25) is 10.0 Å². The quantitative estimate of drug-likeness (QED) is 0.392. The van der Waals surface area contributed by atoms with Crippen molar-refractivity contribution in [3.05, 3.63) is 50.8 Å². The summed E-state index contributed by atoms with van der Waals surface area (Å²) in [6.45, 7) is 6.45. The molecule has 3 N–H and O–H groups in total. The van der Waals surface area contributed by atoms with E-state index < -0.39 is 0 Å². The topological polar surface area (TPSA) is 68.2 Å². The van der Waals surface area contributed by atoms with Crippen LogP contribution in [0.25, 0.3) is 0 Å². The zero-order valence-corrected chi connectivity index (χ0v) is 17.9. The number of guanidine groups is 1. The number of halogens is 3. The van der Waals surface area contributed by atoms with Gasteiger partial charge in [-0.15, -0.1) is 24.0 Å². The molecule has 1 aromatic heterocycles. The maximum Gasteiger partial charge on any atom is 0.189 e. The molecular formula is C16H22Cl2IN5. The smallest absolute Gasteiger partial charge is 0.189 e. The Morgan fingerprint density at radius 2 is 2.04 bits per heavy atom. The Morgan fingerprint density at radius 3 is 2.58 bits per heavy atom. The summed E-state index contributed by atoms with van der Waals surface area (Å²) >= 11 is 12.1. The summed E-state index contributed by atoms with van der Waals surface area (Å²) in [6, 6.07) is 5.33. The van der Waals surface area contributed by atoms with E-state index in [4.69, 9.17) is 28.9 Å². The molecule has 0 saturated heterocycles. The molecular weight excluding hydrogens is 460 g/mol. The number of nitrogens with two attached hydrogens (primary N) is 1.